The molecular weight excluding hydrogens is 278 g/mol. The summed E-state index contributed by atoms with van der Waals surface area (Å²) in [7, 11) is 0. The first kappa shape index (κ1) is 14.4. The lowest BCUT2D eigenvalue weighted by Gasteiger charge is -2.29. The third kappa shape index (κ3) is 2.88. The largest absolute Gasteiger partial charge is 0.294 e. The van der Waals surface area contributed by atoms with Gasteiger partial charge in [-0.15, -0.1) is 0 Å². The number of nitrogens with zero attached hydrogens (tertiary/aromatic N) is 2. The summed E-state index contributed by atoms with van der Waals surface area (Å²) in [5.74, 6) is 0.0345. The van der Waals surface area contributed by atoms with Gasteiger partial charge in [-0.2, -0.15) is 0 Å². The van der Waals surface area contributed by atoms with Gasteiger partial charge in [-0.25, -0.2) is 9.97 Å². The predicted octanol–water partition coefficient (Wildman–Crippen LogP) is 2.88. The van der Waals surface area contributed by atoms with Crippen molar-refractivity contribution in [2.45, 2.75) is 26.7 Å². The number of amides is 1. The Kier molecular flexibility index (Phi) is 3.48. The summed E-state index contributed by atoms with van der Waals surface area (Å²) in [6.45, 7) is 4.08. The highest BCUT2D eigenvalue weighted by atomic mass is 16.1. The Balaban J connectivity index is 1.85. The minimum absolute atomic E-state index is 0.0622. The van der Waals surface area contributed by atoms with E-state index in [0.717, 1.165) is 0 Å². The molecule has 5 heteroatoms. The molecule has 0 unspecified atom stereocenters. The van der Waals surface area contributed by atoms with Crippen LogP contribution in [0.15, 0.2) is 36.5 Å². The van der Waals surface area contributed by atoms with E-state index in [0.29, 0.717) is 29.7 Å². The van der Waals surface area contributed by atoms with Crippen molar-refractivity contribution in [1.82, 2.24) is 9.97 Å². The fourth-order valence-electron chi connectivity index (χ4n) is 2.65. The van der Waals surface area contributed by atoms with Gasteiger partial charge in [-0.05, 0) is 24.0 Å². The molecule has 1 amide bonds. The molecule has 0 fully saturated rings. The summed E-state index contributed by atoms with van der Waals surface area (Å²) < 4.78 is 0. The van der Waals surface area contributed by atoms with Crippen LogP contribution in [0.1, 0.15) is 46.7 Å². The van der Waals surface area contributed by atoms with Crippen LogP contribution in [-0.2, 0) is 6.42 Å². The van der Waals surface area contributed by atoms with Crippen molar-refractivity contribution >= 4 is 17.6 Å². The lowest BCUT2D eigenvalue weighted by Crippen LogP contribution is -2.28. The Morgan fingerprint density at radius 1 is 1.18 bits per heavy atom. The van der Waals surface area contributed by atoms with E-state index in [9.17, 15) is 9.59 Å². The fraction of sp³-hybridized carbons (Fsp3) is 0.294. The topological polar surface area (TPSA) is 72.0 Å². The minimum atomic E-state index is -0.262. The first-order valence-electron chi connectivity index (χ1n) is 7.20. The van der Waals surface area contributed by atoms with Gasteiger partial charge in [-0.3, -0.25) is 14.9 Å². The molecule has 0 saturated heterocycles. The van der Waals surface area contributed by atoms with Crippen LogP contribution < -0.4 is 5.32 Å². The van der Waals surface area contributed by atoms with Crippen molar-refractivity contribution in [3.63, 3.8) is 0 Å². The van der Waals surface area contributed by atoms with E-state index >= 15 is 0 Å². The van der Waals surface area contributed by atoms with Crippen LogP contribution in [0, 0.1) is 5.41 Å². The Morgan fingerprint density at radius 2 is 1.91 bits per heavy atom. The molecule has 22 heavy (non-hydrogen) atoms. The Hall–Kier alpha value is -2.56. The highest BCUT2D eigenvalue weighted by molar-refractivity contribution is 6.03. The second kappa shape index (κ2) is 5.33. The molecule has 0 saturated carbocycles. The fourth-order valence-corrected chi connectivity index (χ4v) is 2.65. The molecule has 0 spiro atoms. The van der Waals surface area contributed by atoms with E-state index in [4.69, 9.17) is 0 Å². The smallest absolute Gasteiger partial charge is 0.258 e. The Labute approximate surface area is 128 Å². The van der Waals surface area contributed by atoms with Crippen molar-refractivity contribution in [1.29, 1.82) is 0 Å². The van der Waals surface area contributed by atoms with Crippen LogP contribution in [0.5, 0.6) is 0 Å². The van der Waals surface area contributed by atoms with Gasteiger partial charge in [0, 0.05) is 18.2 Å². The molecular formula is C17H17N3O2. The molecule has 1 N–H and O–H groups in total. The average molecular weight is 295 g/mol. The number of carbonyl (C=O) groups excluding carboxylic acids is 2. The van der Waals surface area contributed by atoms with Crippen LogP contribution in [-0.4, -0.2) is 21.7 Å². The molecule has 0 bridgehead atoms. The Morgan fingerprint density at radius 3 is 2.64 bits per heavy atom. The number of hydrogen-bond donors (Lipinski definition) is 1. The summed E-state index contributed by atoms with van der Waals surface area (Å²) in [6, 6.07) is 8.88. The predicted molar refractivity (Wildman–Crippen MR) is 82.9 cm³/mol. The van der Waals surface area contributed by atoms with Gasteiger partial charge < -0.3 is 0 Å². The number of rotatable bonds is 2. The normalized spacial score (nSPS) is 16.0. The second-order valence-electron chi connectivity index (χ2n) is 6.32. The summed E-state index contributed by atoms with van der Waals surface area (Å²) >= 11 is 0. The van der Waals surface area contributed by atoms with E-state index in [1.165, 1.54) is 6.20 Å². The standard InChI is InChI=1S/C17H17N3O2/c1-17(2)8-13-12(14(21)9-17)10-18-16(19-13)20-15(22)11-6-4-3-5-7-11/h3-7,10H,8-9H2,1-2H3,(H,18,19,20,22). The molecule has 112 valence electrons. The summed E-state index contributed by atoms with van der Waals surface area (Å²) in [5.41, 5.74) is 1.70. The molecule has 0 aliphatic heterocycles. The van der Waals surface area contributed by atoms with Gasteiger partial charge in [0.2, 0.25) is 5.95 Å². The number of ketones is 1. The van der Waals surface area contributed by atoms with Crippen molar-refractivity contribution in [2.24, 2.45) is 5.41 Å². The van der Waals surface area contributed by atoms with Gasteiger partial charge in [0.05, 0.1) is 11.3 Å². The van der Waals surface area contributed by atoms with E-state index < -0.39 is 0 Å². The number of anilines is 1. The monoisotopic (exact) mass is 295 g/mol. The molecule has 2 aromatic rings. The number of hydrogen-bond acceptors (Lipinski definition) is 4. The molecule has 0 atom stereocenters. The highest BCUT2D eigenvalue weighted by Crippen LogP contribution is 2.33. The van der Waals surface area contributed by atoms with Crippen molar-refractivity contribution in [3.05, 3.63) is 53.3 Å². The van der Waals surface area contributed by atoms with E-state index in [-0.39, 0.29) is 23.1 Å². The quantitative estimate of drug-likeness (QED) is 0.924. The lowest BCUT2D eigenvalue weighted by atomic mass is 9.76. The third-order valence-corrected chi connectivity index (χ3v) is 3.71. The zero-order valence-electron chi connectivity index (χ0n) is 12.6. The lowest BCUT2D eigenvalue weighted by molar-refractivity contribution is 0.0909. The molecule has 3 rings (SSSR count). The number of benzene rings is 1. The number of aromatic nitrogens is 2. The van der Waals surface area contributed by atoms with Gasteiger partial charge in [0.1, 0.15) is 0 Å². The van der Waals surface area contributed by atoms with Crippen molar-refractivity contribution < 1.29 is 9.59 Å². The molecule has 1 heterocycles. The summed E-state index contributed by atoms with van der Waals surface area (Å²) in [5, 5.41) is 2.68. The SMILES string of the molecule is CC1(C)CC(=O)c2cnc(NC(=O)c3ccccc3)nc2C1. The number of Topliss-reactive ketones (excluding diaryl/α,β-unsaturated/α-hetero) is 1. The maximum absolute atomic E-state index is 12.1. The van der Waals surface area contributed by atoms with E-state index in [1.54, 1.807) is 24.3 Å². The number of carbonyl (C=O) groups is 2. The summed E-state index contributed by atoms with van der Waals surface area (Å²) in [4.78, 5) is 32.7. The van der Waals surface area contributed by atoms with Crippen LogP contribution in [0.25, 0.3) is 0 Å². The average Bonchev–Trinajstić information content (AvgIpc) is 2.46. The van der Waals surface area contributed by atoms with E-state index in [2.05, 4.69) is 15.3 Å². The molecule has 1 aliphatic rings. The van der Waals surface area contributed by atoms with E-state index in [1.807, 2.05) is 19.9 Å². The molecule has 0 radical (unpaired) electrons. The van der Waals surface area contributed by atoms with Crippen molar-refractivity contribution in [2.75, 3.05) is 5.32 Å². The summed E-state index contributed by atoms with van der Waals surface area (Å²) in [6.07, 6.45) is 2.71. The molecule has 5 nitrogen and oxygen atoms in total. The molecule has 1 aromatic carbocycles. The van der Waals surface area contributed by atoms with Gasteiger partial charge in [0.15, 0.2) is 5.78 Å². The van der Waals surface area contributed by atoms with Crippen LogP contribution in [0.4, 0.5) is 5.95 Å². The number of fused-ring (bicyclic) bond motifs is 1. The zero-order chi connectivity index (χ0) is 15.7. The second-order valence-corrected chi connectivity index (χ2v) is 6.32. The van der Waals surface area contributed by atoms with Crippen LogP contribution in [0.2, 0.25) is 0 Å². The maximum Gasteiger partial charge on any atom is 0.258 e. The molecule has 1 aromatic heterocycles. The van der Waals surface area contributed by atoms with Crippen molar-refractivity contribution in [3.8, 4) is 0 Å². The van der Waals surface area contributed by atoms with Gasteiger partial charge in [0.25, 0.3) is 5.91 Å². The first-order chi connectivity index (χ1) is 10.4. The minimum Gasteiger partial charge on any atom is -0.294 e. The zero-order valence-corrected chi connectivity index (χ0v) is 12.6. The molecule has 1 aliphatic carbocycles. The van der Waals surface area contributed by atoms with Crippen LogP contribution in [0.3, 0.4) is 0 Å². The van der Waals surface area contributed by atoms with Crippen LogP contribution >= 0.6 is 0 Å². The highest BCUT2D eigenvalue weighted by Gasteiger charge is 2.32. The number of nitrogens with one attached hydrogen (secondary N) is 1. The van der Waals surface area contributed by atoms with Gasteiger partial charge in [-0.1, -0.05) is 32.0 Å². The third-order valence-electron chi connectivity index (χ3n) is 3.71. The first-order valence-corrected chi connectivity index (χ1v) is 7.20. The maximum atomic E-state index is 12.1. The Bertz CT molecular complexity index is 739. The van der Waals surface area contributed by atoms with Gasteiger partial charge >= 0.3 is 0 Å².